The molecule has 3 aliphatic rings. The van der Waals surface area contributed by atoms with Crippen molar-refractivity contribution in [2.45, 2.75) is 38.8 Å². The molecule has 2 heterocycles. The standard InChI is InChI=1S/C16H25N3O/c1-11-12(2)18-16-14(6-5-13(17)15(11)16)20-10-9-19-7-3-4-8-19/h5-6,14,16,18H,3-4,7-10,17H2,1-2H3. The normalized spacial score (nSPS) is 30.1. The molecule has 2 aliphatic heterocycles. The molecule has 2 unspecified atom stereocenters. The summed E-state index contributed by atoms with van der Waals surface area (Å²) >= 11 is 0. The number of nitrogens with zero attached hydrogens (tertiary/aromatic N) is 1. The number of allylic oxidation sites excluding steroid dienone is 2. The van der Waals surface area contributed by atoms with E-state index in [1.54, 1.807) is 0 Å². The van der Waals surface area contributed by atoms with Crippen LogP contribution in [0.3, 0.4) is 0 Å². The number of hydrogen-bond donors (Lipinski definition) is 2. The fourth-order valence-corrected chi connectivity index (χ4v) is 3.37. The van der Waals surface area contributed by atoms with E-state index in [2.05, 4.69) is 30.1 Å². The molecule has 3 N–H and O–H groups in total. The van der Waals surface area contributed by atoms with E-state index in [1.807, 2.05) is 6.08 Å². The first kappa shape index (κ1) is 13.7. The van der Waals surface area contributed by atoms with Crippen LogP contribution in [0.1, 0.15) is 26.7 Å². The van der Waals surface area contributed by atoms with Gasteiger partial charge in [0.25, 0.3) is 0 Å². The average molecular weight is 275 g/mol. The van der Waals surface area contributed by atoms with Crippen LogP contribution in [-0.2, 0) is 4.74 Å². The second-order valence-corrected chi connectivity index (χ2v) is 5.98. The fraction of sp³-hybridized carbons (Fsp3) is 0.625. The van der Waals surface area contributed by atoms with E-state index in [1.165, 1.54) is 42.8 Å². The van der Waals surface area contributed by atoms with Crippen LogP contribution < -0.4 is 11.1 Å². The van der Waals surface area contributed by atoms with Crippen molar-refractivity contribution in [1.29, 1.82) is 0 Å². The van der Waals surface area contributed by atoms with Crippen LogP contribution in [0.25, 0.3) is 0 Å². The highest BCUT2D eigenvalue weighted by Gasteiger charge is 2.34. The molecule has 0 aromatic carbocycles. The van der Waals surface area contributed by atoms with Gasteiger partial charge in [0.15, 0.2) is 0 Å². The van der Waals surface area contributed by atoms with Crippen LogP contribution in [0, 0.1) is 0 Å². The van der Waals surface area contributed by atoms with Gasteiger partial charge in [0.1, 0.15) is 6.10 Å². The molecule has 0 spiro atoms. The quantitative estimate of drug-likeness (QED) is 0.817. The van der Waals surface area contributed by atoms with E-state index >= 15 is 0 Å². The van der Waals surface area contributed by atoms with Crippen molar-refractivity contribution >= 4 is 0 Å². The molecule has 1 aliphatic carbocycles. The Bertz CT molecular complexity index is 472. The Morgan fingerprint density at radius 1 is 1.35 bits per heavy atom. The largest absolute Gasteiger partial charge is 0.398 e. The molecule has 2 atom stereocenters. The average Bonchev–Trinajstić information content (AvgIpc) is 3.03. The van der Waals surface area contributed by atoms with Crippen molar-refractivity contribution in [2.24, 2.45) is 5.73 Å². The molecule has 0 aromatic rings. The molecule has 0 saturated carbocycles. The number of likely N-dealkylation sites (tertiary alicyclic amines) is 1. The molecular formula is C16H25N3O. The Morgan fingerprint density at radius 2 is 2.10 bits per heavy atom. The SMILES string of the molecule is CC1=C(C)C2=C(N)C=CC(OCCN3CCCC3)C2N1. The van der Waals surface area contributed by atoms with Gasteiger partial charge in [0, 0.05) is 23.5 Å². The highest BCUT2D eigenvalue weighted by Crippen LogP contribution is 2.32. The molecule has 0 aromatic heterocycles. The second kappa shape index (κ2) is 5.62. The number of fused-ring (bicyclic) bond motifs is 1. The predicted molar refractivity (Wildman–Crippen MR) is 81.1 cm³/mol. The van der Waals surface area contributed by atoms with E-state index in [9.17, 15) is 0 Å². The van der Waals surface area contributed by atoms with Crippen molar-refractivity contribution < 1.29 is 4.74 Å². The van der Waals surface area contributed by atoms with E-state index < -0.39 is 0 Å². The third-order valence-electron chi connectivity index (χ3n) is 4.67. The van der Waals surface area contributed by atoms with Gasteiger partial charge in [-0.25, -0.2) is 0 Å². The zero-order valence-electron chi connectivity index (χ0n) is 12.5. The number of rotatable bonds is 4. The first-order valence-corrected chi connectivity index (χ1v) is 7.63. The molecule has 4 nitrogen and oxygen atoms in total. The second-order valence-electron chi connectivity index (χ2n) is 5.98. The van der Waals surface area contributed by atoms with Gasteiger partial charge >= 0.3 is 0 Å². The van der Waals surface area contributed by atoms with E-state index in [0.29, 0.717) is 0 Å². The Kier molecular flexibility index (Phi) is 3.85. The maximum atomic E-state index is 6.12. The summed E-state index contributed by atoms with van der Waals surface area (Å²) in [6.07, 6.45) is 6.84. The number of ether oxygens (including phenoxy) is 1. The Labute approximate surface area is 121 Å². The van der Waals surface area contributed by atoms with Gasteiger partial charge in [0.05, 0.1) is 12.6 Å². The molecule has 3 rings (SSSR count). The zero-order valence-corrected chi connectivity index (χ0v) is 12.5. The minimum Gasteiger partial charge on any atom is -0.398 e. The summed E-state index contributed by atoms with van der Waals surface area (Å²) < 4.78 is 6.10. The Morgan fingerprint density at radius 3 is 2.85 bits per heavy atom. The molecule has 1 fully saturated rings. The van der Waals surface area contributed by atoms with Crippen molar-refractivity contribution in [3.8, 4) is 0 Å². The van der Waals surface area contributed by atoms with Crippen molar-refractivity contribution in [2.75, 3.05) is 26.2 Å². The summed E-state index contributed by atoms with van der Waals surface area (Å²) in [7, 11) is 0. The lowest BCUT2D eigenvalue weighted by atomic mass is 9.92. The van der Waals surface area contributed by atoms with Gasteiger partial charge in [-0.2, -0.15) is 0 Å². The van der Waals surface area contributed by atoms with Crippen LogP contribution in [-0.4, -0.2) is 43.3 Å². The monoisotopic (exact) mass is 275 g/mol. The van der Waals surface area contributed by atoms with Gasteiger partial charge < -0.3 is 20.7 Å². The lowest BCUT2D eigenvalue weighted by molar-refractivity contribution is 0.0557. The van der Waals surface area contributed by atoms with Crippen molar-refractivity contribution in [3.63, 3.8) is 0 Å². The summed E-state index contributed by atoms with van der Waals surface area (Å²) in [6, 6.07) is 0.193. The topological polar surface area (TPSA) is 50.5 Å². The summed E-state index contributed by atoms with van der Waals surface area (Å²) in [5, 5.41) is 3.52. The van der Waals surface area contributed by atoms with Crippen LogP contribution in [0.2, 0.25) is 0 Å². The third kappa shape index (κ3) is 2.50. The molecular weight excluding hydrogens is 250 g/mol. The Balaban J connectivity index is 1.58. The summed E-state index contributed by atoms with van der Waals surface area (Å²) in [5.41, 5.74) is 10.7. The lowest BCUT2D eigenvalue weighted by Gasteiger charge is -2.28. The predicted octanol–water partition coefficient (Wildman–Crippen LogP) is 1.52. The summed E-state index contributed by atoms with van der Waals surface area (Å²) in [6.45, 7) is 8.52. The van der Waals surface area contributed by atoms with E-state index in [0.717, 1.165) is 18.8 Å². The number of hydrogen-bond acceptors (Lipinski definition) is 4. The number of nitrogens with one attached hydrogen (secondary N) is 1. The molecule has 20 heavy (non-hydrogen) atoms. The van der Waals surface area contributed by atoms with Crippen molar-refractivity contribution in [3.05, 3.63) is 34.7 Å². The van der Waals surface area contributed by atoms with Gasteiger partial charge in [0.2, 0.25) is 0 Å². The van der Waals surface area contributed by atoms with Gasteiger partial charge in [-0.05, 0) is 51.4 Å². The van der Waals surface area contributed by atoms with Crippen LogP contribution in [0.15, 0.2) is 34.7 Å². The van der Waals surface area contributed by atoms with E-state index in [4.69, 9.17) is 10.5 Å². The van der Waals surface area contributed by atoms with Crippen LogP contribution in [0.5, 0.6) is 0 Å². The highest BCUT2D eigenvalue weighted by atomic mass is 16.5. The molecule has 110 valence electrons. The highest BCUT2D eigenvalue weighted by molar-refractivity contribution is 5.51. The third-order valence-corrected chi connectivity index (χ3v) is 4.67. The Hall–Kier alpha value is -1.26. The zero-order chi connectivity index (χ0) is 14.1. The van der Waals surface area contributed by atoms with Crippen LogP contribution >= 0.6 is 0 Å². The smallest absolute Gasteiger partial charge is 0.100 e. The summed E-state index contributed by atoms with van der Waals surface area (Å²) in [4.78, 5) is 2.48. The molecule has 4 heteroatoms. The number of nitrogens with two attached hydrogens (primary N) is 1. The van der Waals surface area contributed by atoms with E-state index in [-0.39, 0.29) is 12.1 Å². The first-order chi connectivity index (χ1) is 9.66. The van der Waals surface area contributed by atoms with Gasteiger partial charge in [-0.15, -0.1) is 0 Å². The molecule has 0 radical (unpaired) electrons. The van der Waals surface area contributed by atoms with Gasteiger partial charge in [-0.3, -0.25) is 0 Å². The van der Waals surface area contributed by atoms with Crippen molar-refractivity contribution in [1.82, 2.24) is 10.2 Å². The fourth-order valence-electron chi connectivity index (χ4n) is 3.37. The minimum atomic E-state index is 0.0901. The summed E-state index contributed by atoms with van der Waals surface area (Å²) in [5.74, 6) is 0. The first-order valence-electron chi connectivity index (χ1n) is 7.63. The molecule has 0 bridgehead atoms. The molecule has 0 amide bonds. The lowest BCUT2D eigenvalue weighted by Crippen LogP contribution is -2.41. The minimum absolute atomic E-state index is 0.0901. The molecule has 1 saturated heterocycles. The van der Waals surface area contributed by atoms with Crippen LogP contribution in [0.4, 0.5) is 0 Å². The van der Waals surface area contributed by atoms with Gasteiger partial charge in [-0.1, -0.05) is 6.08 Å². The maximum absolute atomic E-state index is 6.12. The maximum Gasteiger partial charge on any atom is 0.100 e.